The number of aryl methyl sites for hydroxylation is 2. The molecule has 1 aromatic heterocycles. The lowest BCUT2D eigenvalue weighted by Crippen LogP contribution is -2.41. The van der Waals surface area contributed by atoms with E-state index in [0.717, 1.165) is 38.3 Å². The highest BCUT2D eigenvalue weighted by Gasteiger charge is 2.24. The molecule has 2 unspecified atom stereocenters. The maximum Gasteiger partial charge on any atom is 0.108 e. The predicted octanol–water partition coefficient (Wildman–Crippen LogP) is 0.221. The highest BCUT2D eigenvalue weighted by Crippen LogP contribution is 2.19. The Hall–Kier alpha value is -0.910. The van der Waals surface area contributed by atoms with Crippen molar-refractivity contribution < 1.29 is 4.74 Å². The molecule has 1 aromatic rings. The van der Waals surface area contributed by atoms with E-state index in [-0.39, 0.29) is 0 Å². The number of nitrogens with one attached hydrogen (secondary N) is 1. The van der Waals surface area contributed by atoms with E-state index in [2.05, 4.69) is 15.0 Å². The summed E-state index contributed by atoms with van der Waals surface area (Å²) in [6.07, 6.45) is 6.87. The van der Waals surface area contributed by atoms with Crippen LogP contribution in [-0.4, -0.2) is 28.8 Å². The van der Waals surface area contributed by atoms with E-state index < -0.39 is 0 Å². The van der Waals surface area contributed by atoms with Crippen LogP contribution in [0.4, 0.5) is 0 Å². The largest absolute Gasteiger partial charge is 0.381 e. The van der Waals surface area contributed by atoms with Gasteiger partial charge in [-0.05, 0) is 12.8 Å². The molecule has 2 atom stereocenters. The summed E-state index contributed by atoms with van der Waals surface area (Å²) >= 11 is 0. The first kappa shape index (κ1) is 11.6. The van der Waals surface area contributed by atoms with Crippen molar-refractivity contribution in [3.8, 4) is 0 Å². The summed E-state index contributed by atoms with van der Waals surface area (Å²) < 4.78 is 7.44. The molecule has 0 aliphatic carbocycles. The van der Waals surface area contributed by atoms with Crippen LogP contribution in [0.5, 0.6) is 0 Å². The maximum absolute atomic E-state index is 5.60. The second kappa shape index (κ2) is 5.43. The molecule has 3 N–H and O–H groups in total. The van der Waals surface area contributed by atoms with Crippen LogP contribution in [0.25, 0.3) is 0 Å². The highest BCUT2D eigenvalue weighted by atomic mass is 16.5. The normalized spacial score (nSPS) is 22.5. The summed E-state index contributed by atoms with van der Waals surface area (Å²) in [5, 5.41) is 0. The van der Waals surface area contributed by atoms with Gasteiger partial charge in [0, 0.05) is 44.4 Å². The van der Waals surface area contributed by atoms with E-state index in [1.165, 1.54) is 0 Å². The molecule has 1 saturated heterocycles. The number of rotatable bonds is 5. The third-order valence-corrected chi connectivity index (χ3v) is 3.35. The molecule has 1 aliphatic rings. The Morgan fingerprint density at radius 1 is 1.75 bits per heavy atom. The molecular formula is C11H20N4O. The number of hydrazine groups is 1. The van der Waals surface area contributed by atoms with Gasteiger partial charge >= 0.3 is 0 Å². The fourth-order valence-electron chi connectivity index (χ4n) is 2.25. The minimum absolute atomic E-state index is 0.333. The molecule has 0 aromatic carbocycles. The van der Waals surface area contributed by atoms with Crippen molar-refractivity contribution in [3.63, 3.8) is 0 Å². The van der Waals surface area contributed by atoms with Crippen molar-refractivity contribution in [1.82, 2.24) is 15.0 Å². The number of hydrogen-bond donors (Lipinski definition) is 2. The Morgan fingerprint density at radius 3 is 3.19 bits per heavy atom. The molecule has 0 saturated carbocycles. The molecule has 90 valence electrons. The van der Waals surface area contributed by atoms with Gasteiger partial charge < -0.3 is 9.30 Å². The summed E-state index contributed by atoms with van der Waals surface area (Å²) in [4.78, 5) is 4.31. The van der Waals surface area contributed by atoms with E-state index in [9.17, 15) is 0 Å². The van der Waals surface area contributed by atoms with Gasteiger partial charge in [0.25, 0.3) is 0 Å². The van der Waals surface area contributed by atoms with Gasteiger partial charge in [-0.15, -0.1) is 0 Å². The lowest BCUT2D eigenvalue weighted by molar-refractivity contribution is 0.175. The number of imidazole rings is 1. The minimum Gasteiger partial charge on any atom is -0.381 e. The Kier molecular flexibility index (Phi) is 3.93. The third kappa shape index (κ3) is 2.61. The zero-order valence-electron chi connectivity index (χ0n) is 9.72. The van der Waals surface area contributed by atoms with Gasteiger partial charge in [0.05, 0.1) is 6.61 Å². The van der Waals surface area contributed by atoms with Gasteiger partial charge in [-0.2, -0.15) is 0 Å². The van der Waals surface area contributed by atoms with Gasteiger partial charge in [-0.3, -0.25) is 11.3 Å². The molecule has 0 radical (unpaired) electrons. The van der Waals surface area contributed by atoms with Crippen LogP contribution < -0.4 is 11.3 Å². The Balaban J connectivity index is 1.85. The summed E-state index contributed by atoms with van der Waals surface area (Å²) in [6.45, 7) is 1.70. The third-order valence-electron chi connectivity index (χ3n) is 3.35. The van der Waals surface area contributed by atoms with Crippen LogP contribution in [-0.2, 0) is 18.2 Å². The van der Waals surface area contributed by atoms with Gasteiger partial charge in [-0.1, -0.05) is 0 Å². The first-order valence-corrected chi connectivity index (χ1v) is 5.81. The molecule has 1 aliphatic heterocycles. The lowest BCUT2D eigenvalue weighted by atomic mass is 9.95. The number of hydrogen-bond acceptors (Lipinski definition) is 4. The SMILES string of the molecule is Cn1ccnc1CCC(NN)C1CCOC1. The molecule has 2 heterocycles. The summed E-state index contributed by atoms with van der Waals surface area (Å²) in [7, 11) is 2.02. The molecule has 16 heavy (non-hydrogen) atoms. The Bertz CT molecular complexity index is 320. The van der Waals surface area contributed by atoms with E-state index in [1.807, 2.05) is 19.4 Å². The van der Waals surface area contributed by atoms with E-state index in [0.29, 0.717) is 12.0 Å². The number of nitrogens with two attached hydrogens (primary N) is 1. The second-order valence-electron chi connectivity index (χ2n) is 4.39. The zero-order chi connectivity index (χ0) is 11.4. The monoisotopic (exact) mass is 224 g/mol. The van der Waals surface area contributed by atoms with Crippen molar-refractivity contribution >= 4 is 0 Å². The molecular weight excluding hydrogens is 204 g/mol. The van der Waals surface area contributed by atoms with Crippen LogP contribution in [0.2, 0.25) is 0 Å². The quantitative estimate of drug-likeness (QED) is 0.555. The summed E-state index contributed by atoms with van der Waals surface area (Å²) in [6, 6.07) is 0.333. The Morgan fingerprint density at radius 2 is 2.62 bits per heavy atom. The van der Waals surface area contributed by atoms with Crippen LogP contribution >= 0.6 is 0 Å². The topological polar surface area (TPSA) is 65.1 Å². The fraction of sp³-hybridized carbons (Fsp3) is 0.727. The smallest absolute Gasteiger partial charge is 0.108 e. The van der Waals surface area contributed by atoms with Crippen LogP contribution in [0, 0.1) is 5.92 Å². The van der Waals surface area contributed by atoms with Gasteiger partial charge in [0.1, 0.15) is 5.82 Å². The molecule has 2 rings (SSSR count). The second-order valence-corrected chi connectivity index (χ2v) is 4.39. The average Bonchev–Trinajstić information content (AvgIpc) is 2.92. The van der Waals surface area contributed by atoms with Crippen molar-refractivity contribution in [1.29, 1.82) is 0 Å². The number of ether oxygens (including phenoxy) is 1. The minimum atomic E-state index is 0.333. The number of nitrogens with zero attached hydrogens (tertiary/aromatic N) is 2. The van der Waals surface area contributed by atoms with Gasteiger partial charge in [-0.25, -0.2) is 4.98 Å². The first-order chi connectivity index (χ1) is 7.81. The Labute approximate surface area is 96.0 Å². The van der Waals surface area contributed by atoms with E-state index >= 15 is 0 Å². The van der Waals surface area contributed by atoms with E-state index in [1.54, 1.807) is 0 Å². The van der Waals surface area contributed by atoms with Crippen molar-refractivity contribution in [3.05, 3.63) is 18.2 Å². The highest BCUT2D eigenvalue weighted by molar-refractivity contribution is 4.92. The average molecular weight is 224 g/mol. The zero-order valence-corrected chi connectivity index (χ0v) is 9.72. The lowest BCUT2D eigenvalue weighted by Gasteiger charge is -2.21. The molecule has 0 bridgehead atoms. The standard InChI is InChI=1S/C11H20N4O/c1-15-6-5-13-11(15)3-2-10(14-12)9-4-7-16-8-9/h5-6,9-10,14H,2-4,7-8,12H2,1H3. The predicted molar refractivity (Wildman–Crippen MR) is 61.6 cm³/mol. The first-order valence-electron chi connectivity index (χ1n) is 5.81. The maximum atomic E-state index is 5.60. The van der Waals surface area contributed by atoms with E-state index in [4.69, 9.17) is 10.6 Å². The van der Waals surface area contributed by atoms with Gasteiger partial charge in [0.2, 0.25) is 0 Å². The summed E-state index contributed by atoms with van der Waals surface area (Å²) in [5.74, 6) is 7.25. The fourth-order valence-corrected chi connectivity index (χ4v) is 2.25. The summed E-state index contributed by atoms with van der Waals surface area (Å²) in [5.41, 5.74) is 2.91. The van der Waals surface area contributed by atoms with Crippen LogP contribution in [0.1, 0.15) is 18.7 Å². The van der Waals surface area contributed by atoms with Crippen LogP contribution in [0.3, 0.4) is 0 Å². The molecule has 0 spiro atoms. The van der Waals surface area contributed by atoms with Crippen LogP contribution in [0.15, 0.2) is 12.4 Å². The molecule has 0 amide bonds. The van der Waals surface area contributed by atoms with Crippen molar-refractivity contribution in [2.45, 2.75) is 25.3 Å². The van der Waals surface area contributed by atoms with Crippen molar-refractivity contribution in [2.24, 2.45) is 18.8 Å². The molecule has 5 heteroatoms. The van der Waals surface area contributed by atoms with Crippen molar-refractivity contribution in [2.75, 3.05) is 13.2 Å². The number of aromatic nitrogens is 2. The molecule has 1 fully saturated rings. The molecule has 5 nitrogen and oxygen atoms in total. The van der Waals surface area contributed by atoms with Gasteiger partial charge in [0.15, 0.2) is 0 Å².